The van der Waals surface area contributed by atoms with Crippen molar-refractivity contribution in [2.24, 2.45) is 29.4 Å². The summed E-state index contributed by atoms with van der Waals surface area (Å²) in [5, 5.41) is 29.0. The van der Waals surface area contributed by atoms with Gasteiger partial charge in [-0.15, -0.1) is 0 Å². The SMILES string of the molecule is CN(C)c1cc(CNC(=O)c2ccno2)c(O)c2c1C[C@H]1C[C@H]3[C@H](N(C)C)C(=O)C(C(N)=O)C(=O)[C@@]3(O)C(=O)C1C2=O. The molecule has 6 atom stereocenters. The van der Waals surface area contributed by atoms with Gasteiger partial charge in [0.15, 0.2) is 34.7 Å². The Kier molecular flexibility index (Phi) is 7.02. The Morgan fingerprint density at radius 2 is 1.86 bits per heavy atom. The number of phenolic OH excluding ortho intramolecular Hbond substituents is 1. The molecule has 3 aliphatic rings. The van der Waals surface area contributed by atoms with Gasteiger partial charge in [-0.2, -0.15) is 0 Å². The third kappa shape index (κ3) is 4.12. The molecule has 0 spiro atoms. The van der Waals surface area contributed by atoms with Crippen molar-refractivity contribution in [3.63, 3.8) is 0 Å². The van der Waals surface area contributed by atoms with Crippen molar-refractivity contribution in [3.05, 3.63) is 40.8 Å². The van der Waals surface area contributed by atoms with Crippen LogP contribution in [0.25, 0.3) is 0 Å². The number of rotatable bonds is 6. The number of aliphatic hydroxyl groups is 1. The van der Waals surface area contributed by atoms with Crippen molar-refractivity contribution < 1.29 is 43.5 Å². The van der Waals surface area contributed by atoms with Crippen LogP contribution >= 0.6 is 0 Å². The van der Waals surface area contributed by atoms with Gasteiger partial charge in [0.1, 0.15) is 5.75 Å². The lowest BCUT2D eigenvalue weighted by Gasteiger charge is -2.52. The highest BCUT2D eigenvalue weighted by atomic mass is 16.5. The Labute approximate surface area is 239 Å². The number of primary amides is 1. The predicted octanol–water partition coefficient (Wildman–Crippen LogP) is -1.15. The smallest absolute Gasteiger partial charge is 0.290 e. The molecule has 1 heterocycles. The lowest BCUT2D eigenvalue weighted by molar-refractivity contribution is -0.181. The van der Waals surface area contributed by atoms with Crippen LogP contribution in [0, 0.1) is 23.7 Å². The van der Waals surface area contributed by atoms with Gasteiger partial charge in [0, 0.05) is 43.9 Å². The summed E-state index contributed by atoms with van der Waals surface area (Å²) in [6.07, 6.45) is 1.37. The molecular weight excluding hydrogens is 550 g/mol. The van der Waals surface area contributed by atoms with E-state index in [9.17, 15) is 39.0 Å². The van der Waals surface area contributed by atoms with Crippen LogP contribution in [0.3, 0.4) is 0 Å². The molecule has 0 saturated heterocycles. The first kappa shape index (κ1) is 29.1. The molecule has 2 unspecified atom stereocenters. The molecule has 2 saturated carbocycles. The van der Waals surface area contributed by atoms with Crippen LogP contribution in [-0.2, 0) is 32.1 Å². The number of carbonyl (C=O) groups excluding carboxylic acids is 6. The molecule has 2 aromatic rings. The van der Waals surface area contributed by atoms with Crippen molar-refractivity contribution in [2.45, 2.75) is 31.0 Å². The van der Waals surface area contributed by atoms with Gasteiger partial charge in [0.2, 0.25) is 11.7 Å². The van der Waals surface area contributed by atoms with E-state index in [4.69, 9.17) is 10.3 Å². The normalized spacial score (nSPS) is 28.7. The number of aromatic hydroxyl groups is 1. The second kappa shape index (κ2) is 10.1. The standard InChI is InChI=1S/C28H31N5O9/c1-32(2)15-9-12(10-30-27(40)16-5-6-31-42-16)21(34)18-13(15)7-11-8-14-20(33(3)4)23(36)19(26(29)39)25(38)28(14,41)24(37)17(11)22(18)35/h5-6,9,11,14,17,19-20,34,41H,7-8,10H2,1-4H3,(H2,29,39)(H,30,40)/t11-,14-,17?,19?,20-,28-/m0/s1. The van der Waals surface area contributed by atoms with Crippen LogP contribution in [0.4, 0.5) is 5.69 Å². The number of hydrogen-bond donors (Lipinski definition) is 4. The van der Waals surface area contributed by atoms with Crippen LogP contribution in [0.5, 0.6) is 5.75 Å². The summed E-state index contributed by atoms with van der Waals surface area (Å²) in [6.45, 7) is -0.202. The topological polar surface area (TPSA) is 213 Å². The minimum Gasteiger partial charge on any atom is -0.507 e. The average Bonchev–Trinajstić information content (AvgIpc) is 3.45. The van der Waals surface area contributed by atoms with Crippen molar-refractivity contribution in [1.82, 2.24) is 15.4 Å². The Bertz CT molecular complexity index is 1530. The number of amides is 2. The molecule has 0 radical (unpaired) electrons. The zero-order chi connectivity index (χ0) is 30.8. The Balaban J connectivity index is 1.58. The molecule has 42 heavy (non-hydrogen) atoms. The fourth-order valence-electron chi connectivity index (χ4n) is 6.84. The summed E-state index contributed by atoms with van der Waals surface area (Å²) in [6, 6.07) is 1.80. The van der Waals surface area contributed by atoms with Crippen molar-refractivity contribution in [1.29, 1.82) is 0 Å². The number of carbonyl (C=O) groups is 6. The molecule has 14 nitrogen and oxygen atoms in total. The Morgan fingerprint density at radius 3 is 2.43 bits per heavy atom. The third-order valence-electron chi connectivity index (χ3n) is 8.70. The number of aromatic nitrogens is 1. The maximum atomic E-state index is 14.1. The fraction of sp³-hybridized carbons (Fsp3) is 0.464. The summed E-state index contributed by atoms with van der Waals surface area (Å²) in [5.74, 6) is -11.9. The molecule has 1 aromatic carbocycles. The molecule has 0 bridgehead atoms. The maximum Gasteiger partial charge on any atom is 0.290 e. The fourth-order valence-corrected chi connectivity index (χ4v) is 6.84. The second-order valence-corrected chi connectivity index (χ2v) is 11.5. The number of ketones is 4. The van der Waals surface area contributed by atoms with E-state index in [1.807, 2.05) is 0 Å². The zero-order valence-corrected chi connectivity index (χ0v) is 23.4. The van der Waals surface area contributed by atoms with Gasteiger partial charge < -0.3 is 30.7 Å². The van der Waals surface area contributed by atoms with E-state index in [0.717, 1.165) is 0 Å². The van der Waals surface area contributed by atoms with E-state index in [2.05, 4.69) is 10.5 Å². The van der Waals surface area contributed by atoms with Crippen LogP contribution in [0.2, 0.25) is 0 Å². The van der Waals surface area contributed by atoms with E-state index in [0.29, 0.717) is 11.3 Å². The lowest BCUT2D eigenvalue weighted by atomic mass is 9.52. The monoisotopic (exact) mass is 581 g/mol. The first-order valence-electron chi connectivity index (χ1n) is 13.3. The first-order valence-corrected chi connectivity index (χ1v) is 13.3. The van der Waals surface area contributed by atoms with E-state index >= 15 is 0 Å². The zero-order valence-electron chi connectivity index (χ0n) is 23.4. The van der Waals surface area contributed by atoms with Crippen LogP contribution < -0.4 is 16.0 Å². The van der Waals surface area contributed by atoms with Crippen molar-refractivity contribution >= 4 is 40.6 Å². The summed E-state index contributed by atoms with van der Waals surface area (Å²) >= 11 is 0. The highest BCUT2D eigenvalue weighted by Gasteiger charge is 2.69. The summed E-state index contributed by atoms with van der Waals surface area (Å²) in [5.41, 5.74) is 3.58. The van der Waals surface area contributed by atoms with Gasteiger partial charge in [-0.25, -0.2) is 0 Å². The number of Topliss-reactive ketones (excluding diaryl/α,β-unsaturated/α-hetero) is 4. The van der Waals surface area contributed by atoms with Gasteiger partial charge in [-0.1, -0.05) is 5.16 Å². The maximum absolute atomic E-state index is 14.1. The van der Waals surface area contributed by atoms with Crippen molar-refractivity contribution in [3.8, 4) is 5.75 Å². The predicted molar refractivity (Wildman–Crippen MR) is 143 cm³/mol. The minimum absolute atomic E-state index is 0.0491. The molecule has 14 heteroatoms. The molecule has 0 aliphatic heterocycles. The van der Waals surface area contributed by atoms with Gasteiger partial charge in [-0.05, 0) is 44.5 Å². The van der Waals surface area contributed by atoms with Gasteiger partial charge >= 0.3 is 0 Å². The number of nitrogens with one attached hydrogen (secondary N) is 1. The third-order valence-corrected chi connectivity index (χ3v) is 8.70. The summed E-state index contributed by atoms with van der Waals surface area (Å²) in [4.78, 5) is 82.4. The Morgan fingerprint density at radius 1 is 1.17 bits per heavy atom. The van der Waals surface area contributed by atoms with Gasteiger partial charge in [0.05, 0.1) is 23.7 Å². The molecule has 2 fully saturated rings. The van der Waals surface area contributed by atoms with E-state index in [1.165, 1.54) is 31.3 Å². The van der Waals surface area contributed by atoms with Gasteiger partial charge in [-0.3, -0.25) is 33.7 Å². The first-order chi connectivity index (χ1) is 19.7. The summed E-state index contributed by atoms with van der Waals surface area (Å²) in [7, 11) is 6.52. The molecule has 3 aliphatic carbocycles. The molecule has 5 N–H and O–H groups in total. The van der Waals surface area contributed by atoms with Crippen LogP contribution in [0.1, 0.15) is 38.5 Å². The van der Waals surface area contributed by atoms with Crippen LogP contribution in [0.15, 0.2) is 22.9 Å². The number of anilines is 1. The molecule has 1 aromatic heterocycles. The molecular formula is C28H31N5O9. The van der Waals surface area contributed by atoms with Crippen molar-refractivity contribution in [2.75, 3.05) is 33.1 Å². The molecule has 2 amide bonds. The summed E-state index contributed by atoms with van der Waals surface area (Å²) < 4.78 is 4.84. The van der Waals surface area contributed by atoms with E-state index in [1.54, 1.807) is 25.1 Å². The minimum atomic E-state index is -2.81. The van der Waals surface area contributed by atoms with Crippen LogP contribution in [-0.4, -0.2) is 95.1 Å². The van der Waals surface area contributed by atoms with E-state index < -0.39 is 76.0 Å². The number of nitrogens with two attached hydrogens (primary N) is 1. The second-order valence-electron chi connectivity index (χ2n) is 11.5. The number of likely N-dealkylation sites (N-methyl/N-ethyl adjacent to an activating group) is 1. The highest BCUT2D eigenvalue weighted by molar-refractivity contribution is 6.32. The van der Waals surface area contributed by atoms with E-state index in [-0.39, 0.29) is 36.3 Å². The number of hydrogen-bond acceptors (Lipinski definition) is 12. The number of fused-ring (bicyclic) bond motifs is 3. The molecule has 5 rings (SSSR count). The quantitative estimate of drug-likeness (QED) is 0.298. The highest BCUT2D eigenvalue weighted by Crippen LogP contribution is 2.52. The Hall–Kier alpha value is -4.43. The average molecular weight is 582 g/mol. The van der Waals surface area contributed by atoms with Gasteiger partial charge in [0.25, 0.3) is 5.91 Å². The number of nitrogens with zero attached hydrogens (tertiary/aromatic N) is 3. The number of benzene rings is 1. The largest absolute Gasteiger partial charge is 0.507 e. The molecule has 222 valence electrons. The number of phenols is 1. The lowest BCUT2D eigenvalue weighted by Crippen LogP contribution is -2.74.